The fraction of sp³-hybridized carbons (Fsp3) is 0.259. The third kappa shape index (κ3) is 5.92. The molecule has 0 spiro atoms. The average Bonchev–Trinajstić information content (AvgIpc) is 2.85. The average molecular weight is 445 g/mol. The van der Waals surface area contributed by atoms with Gasteiger partial charge in [0.1, 0.15) is 11.5 Å². The molecule has 0 bridgehead atoms. The molecular weight excluding hydrogens is 416 g/mol. The molecule has 3 aromatic carbocycles. The van der Waals surface area contributed by atoms with Gasteiger partial charge in [-0.3, -0.25) is 9.59 Å². The van der Waals surface area contributed by atoms with E-state index in [0.29, 0.717) is 29.4 Å². The van der Waals surface area contributed by atoms with Gasteiger partial charge in [-0.05, 0) is 60.7 Å². The van der Waals surface area contributed by atoms with E-state index in [4.69, 9.17) is 9.47 Å². The molecule has 33 heavy (non-hydrogen) atoms. The zero-order chi connectivity index (χ0) is 23.0. The summed E-state index contributed by atoms with van der Waals surface area (Å²) in [5.74, 6) is 0.932. The fourth-order valence-electron chi connectivity index (χ4n) is 3.78. The van der Waals surface area contributed by atoms with Gasteiger partial charge < -0.3 is 19.7 Å². The molecule has 6 nitrogen and oxygen atoms in total. The van der Waals surface area contributed by atoms with Crippen LogP contribution in [-0.2, 0) is 22.4 Å². The number of carbonyl (C=O) groups excluding carboxylic acids is 2. The number of aryl methyl sites for hydroxylation is 2. The van der Waals surface area contributed by atoms with E-state index >= 15 is 0 Å². The van der Waals surface area contributed by atoms with Gasteiger partial charge in [0.2, 0.25) is 0 Å². The molecule has 0 saturated carbocycles. The monoisotopic (exact) mass is 444 g/mol. The van der Waals surface area contributed by atoms with E-state index in [1.165, 1.54) is 11.1 Å². The van der Waals surface area contributed by atoms with Crippen molar-refractivity contribution in [3.05, 3.63) is 83.9 Å². The molecule has 1 N–H and O–H groups in total. The number of hydrogen-bond acceptors (Lipinski definition) is 4. The minimum atomic E-state index is -0.270. The van der Waals surface area contributed by atoms with Crippen molar-refractivity contribution in [3.8, 4) is 11.5 Å². The summed E-state index contributed by atoms with van der Waals surface area (Å²) in [6, 6.07) is 23.2. The summed E-state index contributed by atoms with van der Waals surface area (Å²) in [5.41, 5.74) is 3.72. The number of amides is 2. The maximum absolute atomic E-state index is 12.5. The van der Waals surface area contributed by atoms with Crippen LogP contribution in [0.2, 0.25) is 0 Å². The van der Waals surface area contributed by atoms with Gasteiger partial charge in [0.15, 0.2) is 13.2 Å². The molecule has 0 aromatic heterocycles. The van der Waals surface area contributed by atoms with Crippen molar-refractivity contribution < 1.29 is 19.1 Å². The highest BCUT2D eigenvalue weighted by molar-refractivity contribution is 5.99. The Balaban J connectivity index is 1.36. The van der Waals surface area contributed by atoms with Crippen LogP contribution in [0, 0.1) is 0 Å². The normalized spacial score (nSPS) is 12.6. The van der Waals surface area contributed by atoms with Gasteiger partial charge in [-0.2, -0.15) is 0 Å². The molecule has 6 heteroatoms. The first-order valence-corrected chi connectivity index (χ1v) is 11.2. The highest BCUT2D eigenvalue weighted by Gasteiger charge is 2.25. The Bertz CT molecular complexity index is 1100. The van der Waals surface area contributed by atoms with Gasteiger partial charge in [-0.15, -0.1) is 0 Å². The summed E-state index contributed by atoms with van der Waals surface area (Å²) in [4.78, 5) is 26.7. The summed E-state index contributed by atoms with van der Waals surface area (Å²) in [5, 5.41) is 2.84. The Morgan fingerprint density at radius 3 is 2.58 bits per heavy atom. The van der Waals surface area contributed by atoms with Crippen LogP contribution >= 0.6 is 0 Å². The maximum atomic E-state index is 12.5. The lowest BCUT2D eigenvalue weighted by Crippen LogP contribution is -2.39. The van der Waals surface area contributed by atoms with Gasteiger partial charge in [-0.1, -0.05) is 49.4 Å². The largest absolute Gasteiger partial charge is 0.484 e. The van der Waals surface area contributed by atoms with Gasteiger partial charge in [-0.25, -0.2) is 0 Å². The van der Waals surface area contributed by atoms with Gasteiger partial charge in [0.25, 0.3) is 11.8 Å². The lowest BCUT2D eigenvalue weighted by molar-refractivity contribution is -0.121. The molecular formula is C27H28N2O4. The molecule has 4 rings (SSSR count). The minimum absolute atomic E-state index is 0.0225. The number of ether oxygens (including phenoxy) is 2. The summed E-state index contributed by atoms with van der Waals surface area (Å²) < 4.78 is 11.2. The van der Waals surface area contributed by atoms with Crippen LogP contribution in [-0.4, -0.2) is 31.6 Å². The molecule has 170 valence electrons. The van der Waals surface area contributed by atoms with E-state index in [-0.39, 0.29) is 25.0 Å². The zero-order valence-corrected chi connectivity index (χ0v) is 18.8. The molecule has 0 unspecified atom stereocenters. The summed E-state index contributed by atoms with van der Waals surface area (Å²) >= 11 is 0. The van der Waals surface area contributed by atoms with Gasteiger partial charge >= 0.3 is 0 Å². The van der Waals surface area contributed by atoms with Crippen molar-refractivity contribution in [2.45, 2.75) is 26.2 Å². The second-order valence-corrected chi connectivity index (χ2v) is 7.94. The second-order valence-electron chi connectivity index (χ2n) is 7.94. The minimum Gasteiger partial charge on any atom is -0.484 e. The van der Waals surface area contributed by atoms with Crippen LogP contribution in [0.25, 0.3) is 0 Å². The van der Waals surface area contributed by atoms with E-state index in [9.17, 15) is 9.59 Å². The molecule has 1 heterocycles. The standard InChI is InChI=1S/C27H28N2O4/c1-2-20-10-13-23(14-11-20)32-18-26(30)28-22-12-15-25-24(17-22)29(27(31)19-33-25)16-6-9-21-7-4-3-5-8-21/h3-5,7-8,10-15,17H,2,6,9,16,18-19H2,1H3,(H,28,30). The second kappa shape index (κ2) is 10.7. The first-order valence-electron chi connectivity index (χ1n) is 11.2. The Labute approximate surface area is 194 Å². The highest BCUT2D eigenvalue weighted by atomic mass is 16.5. The molecule has 0 atom stereocenters. The smallest absolute Gasteiger partial charge is 0.265 e. The van der Waals surface area contributed by atoms with Gasteiger partial charge in [0.05, 0.1) is 5.69 Å². The van der Waals surface area contributed by atoms with Crippen LogP contribution in [0.15, 0.2) is 72.8 Å². The van der Waals surface area contributed by atoms with Crippen LogP contribution in [0.4, 0.5) is 11.4 Å². The number of anilines is 2. The lowest BCUT2D eigenvalue weighted by atomic mass is 10.1. The quantitative estimate of drug-likeness (QED) is 0.523. The lowest BCUT2D eigenvalue weighted by Gasteiger charge is -2.30. The van der Waals surface area contributed by atoms with E-state index < -0.39 is 0 Å². The number of nitrogens with zero attached hydrogens (tertiary/aromatic N) is 1. The molecule has 0 saturated heterocycles. The van der Waals surface area contributed by atoms with Crippen LogP contribution in [0.3, 0.4) is 0 Å². The molecule has 2 amide bonds. The van der Waals surface area contributed by atoms with Crippen molar-refractivity contribution >= 4 is 23.2 Å². The fourth-order valence-corrected chi connectivity index (χ4v) is 3.78. The predicted molar refractivity (Wildman–Crippen MR) is 129 cm³/mol. The number of rotatable bonds is 9. The Morgan fingerprint density at radius 2 is 1.82 bits per heavy atom. The topological polar surface area (TPSA) is 67.9 Å². The van der Waals surface area contributed by atoms with Crippen molar-refractivity contribution in [2.75, 3.05) is 30.0 Å². The molecule has 3 aromatic rings. The van der Waals surface area contributed by atoms with Crippen LogP contribution < -0.4 is 19.7 Å². The number of carbonyl (C=O) groups is 2. The maximum Gasteiger partial charge on any atom is 0.265 e. The van der Waals surface area contributed by atoms with Gasteiger partial charge in [0, 0.05) is 12.2 Å². The highest BCUT2D eigenvalue weighted by Crippen LogP contribution is 2.34. The van der Waals surface area contributed by atoms with E-state index in [1.54, 1.807) is 23.1 Å². The zero-order valence-electron chi connectivity index (χ0n) is 18.8. The van der Waals surface area contributed by atoms with Crippen molar-refractivity contribution in [2.24, 2.45) is 0 Å². The molecule has 1 aliphatic heterocycles. The third-order valence-corrected chi connectivity index (χ3v) is 5.58. The first-order chi connectivity index (χ1) is 16.1. The third-order valence-electron chi connectivity index (χ3n) is 5.58. The number of nitrogens with one attached hydrogen (secondary N) is 1. The van der Waals surface area contributed by atoms with Crippen molar-refractivity contribution in [1.29, 1.82) is 0 Å². The van der Waals surface area contributed by atoms with Crippen LogP contribution in [0.5, 0.6) is 11.5 Å². The molecule has 1 aliphatic rings. The van der Waals surface area contributed by atoms with Crippen molar-refractivity contribution in [3.63, 3.8) is 0 Å². The van der Waals surface area contributed by atoms with Crippen LogP contribution in [0.1, 0.15) is 24.5 Å². The van der Waals surface area contributed by atoms with E-state index in [0.717, 1.165) is 19.3 Å². The Kier molecular flexibility index (Phi) is 7.25. The molecule has 0 aliphatic carbocycles. The Morgan fingerprint density at radius 1 is 1.03 bits per heavy atom. The predicted octanol–water partition coefficient (Wildman–Crippen LogP) is 4.62. The molecule has 0 radical (unpaired) electrons. The summed E-state index contributed by atoms with van der Waals surface area (Å²) in [7, 11) is 0. The van der Waals surface area contributed by atoms with E-state index in [2.05, 4.69) is 24.4 Å². The molecule has 0 fully saturated rings. The number of hydrogen-bond donors (Lipinski definition) is 1. The summed E-state index contributed by atoms with van der Waals surface area (Å²) in [6.07, 6.45) is 2.67. The summed E-state index contributed by atoms with van der Waals surface area (Å²) in [6.45, 7) is 2.59. The SMILES string of the molecule is CCc1ccc(OCC(=O)Nc2ccc3c(c2)N(CCCc2ccccc2)C(=O)CO3)cc1. The Hall–Kier alpha value is -3.80. The van der Waals surface area contributed by atoms with E-state index in [1.807, 2.05) is 42.5 Å². The number of fused-ring (bicyclic) bond motifs is 1. The first kappa shape index (κ1) is 22.4. The number of benzene rings is 3. The van der Waals surface area contributed by atoms with Crippen molar-refractivity contribution in [1.82, 2.24) is 0 Å².